The van der Waals surface area contributed by atoms with Crippen molar-refractivity contribution in [3.63, 3.8) is 0 Å². The summed E-state index contributed by atoms with van der Waals surface area (Å²) in [4.78, 5) is 72.6. The molecule has 0 aromatic rings. The topological polar surface area (TPSA) is 237 Å². The minimum atomic E-state index is -4.95. The fourth-order valence-electron chi connectivity index (χ4n) is 11.3. The zero-order valence-electron chi connectivity index (χ0n) is 60.6. The molecule has 0 rings (SSSR count). The van der Waals surface area contributed by atoms with Crippen LogP contribution < -0.4 is 0 Å². The molecule has 0 fully saturated rings. The Hall–Kier alpha value is -1.94. The second kappa shape index (κ2) is 66.0. The van der Waals surface area contributed by atoms with Crippen LogP contribution in [0.25, 0.3) is 0 Å². The molecule has 6 atom stereocenters. The van der Waals surface area contributed by atoms with Gasteiger partial charge >= 0.3 is 39.5 Å². The number of esters is 4. The van der Waals surface area contributed by atoms with Crippen LogP contribution in [0.4, 0.5) is 0 Å². The van der Waals surface area contributed by atoms with Gasteiger partial charge in [0.2, 0.25) is 0 Å². The van der Waals surface area contributed by atoms with Crippen molar-refractivity contribution in [1.82, 2.24) is 0 Å². The quantitative estimate of drug-likeness (QED) is 0.0222. The molecule has 552 valence electrons. The minimum Gasteiger partial charge on any atom is -0.462 e. The van der Waals surface area contributed by atoms with Gasteiger partial charge in [-0.2, -0.15) is 0 Å². The van der Waals surface area contributed by atoms with Gasteiger partial charge in [0.15, 0.2) is 12.2 Å². The molecule has 0 aliphatic rings. The SMILES string of the molecule is CCCCCCCCCCCCCCCCCCCCCCC(=O)O[C@H](COC(=O)CCCCCCCCCCCCCCC)COP(=O)(O)OC[C@@H](O)COP(=O)(O)OC[C@@H](COC(=O)CCCCCCCCC(C)CC)OC(=O)CCCCCCCCCC(C)C. The number of ether oxygens (including phenoxy) is 4. The highest BCUT2D eigenvalue weighted by Crippen LogP contribution is 2.45. The average Bonchev–Trinajstić information content (AvgIpc) is 3.23. The monoisotopic (exact) mass is 1370 g/mol. The van der Waals surface area contributed by atoms with E-state index in [2.05, 4.69) is 41.5 Å². The molecule has 0 aromatic carbocycles. The van der Waals surface area contributed by atoms with Crippen LogP contribution in [0.15, 0.2) is 0 Å². The number of hydrogen-bond acceptors (Lipinski definition) is 15. The molecule has 0 radical (unpaired) electrons. The van der Waals surface area contributed by atoms with Crippen molar-refractivity contribution in [1.29, 1.82) is 0 Å². The highest BCUT2D eigenvalue weighted by molar-refractivity contribution is 7.47. The summed E-state index contributed by atoms with van der Waals surface area (Å²) >= 11 is 0. The van der Waals surface area contributed by atoms with Gasteiger partial charge in [-0.15, -0.1) is 0 Å². The first-order valence-corrected chi connectivity index (χ1v) is 41.5. The van der Waals surface area contributed by atoms with Crippen LogP contribution in [0.2, 0.25) is 0 Å². The maximum atomic E-state index is 13.1. The summed E-state index contributed by atoms with van der Waals surface area (Å²) < 4.78 is 68.4. The number of phosphoric acid groups is 2. The van der Waals surface area contributed by atoms with Gasteiger partial charge in [0.25, 0.3) is 0 Å². The van der Waals surface area contributed by atoms with Crippen LogP contribution in [0.1, 0.15) is 382 Å². The van der Waals surface area contributed by atoms with Gasteiger partial charge in [0, 0.05) is 25.7 Å². The molecule has 19 heteroatoms. The molecule has 0 aliphatic carbocycles. The molecule has 93 heavy (non-hydrogen) atoms. The Morgan fingerprint density at radius 2 is 0.548 bits per heavy atom. The zero-order chi connectivity index (χ0) is 68.6. The number of aliphatic hydroxyl groups excluding tert-OH is 1. The first kappa shape index (κ1) is 91.1. The molecule has 0 bridgehead atoms. The van der Waals surface area contributed by atoms with Crippen molar-refractivity contribution >= 4 is 39.5 Å². The fourth-order valence-corrected chi connectivity index (χ4v) is 12.8. The van der Waals surface area contributed by atoms with Crippen LogP contribution >= 0.6 is 15.6 Å². The van der Waals surface area contributed by atoms with Gasteiger partial charge < -0.3 is 33.8 Å². The summed E-state index contributed by atoms with van der Waals surface area (Å²) in [6.45, 7) is 9.47. The fraction of sp³-hybridized carbons (Fsp3) is 0.946. The smallest absolute Gasteiger partial charge is 0.462 e. The Morgan fingerprint density at radius 3 is 0.817 bits per heavy atom. The predicted octanol–water partition coefficient (Wildman–Crippen LogP) is 21.6. The molecule has 3 N–H and O–H groups in total. The molecule has 3 unspecified atom stereocenters. The highest BCUT2D eigenvalue weighted by Gasteiger charge is 2.30. The first-order valence-electron chi connectivity index (χ1n) is 38.5. The van der Waals surface area contributed by atoms with Gasteiger partial charge in [0.05, 0.1) is 26.4 Å². The Balaban J connectivity index is 5.20. The van der Waals surface area contributed by atoms with E-state index in [1.54, 1.807) is 0 Å². The Morgan fingerprint density at radius 1 is 0.312 bits per heavy atom. The second-order valence-electron chi connectivity index (χ2n) is 27.4. The van der Waals surface area contributed by atoms with E-state index in [1.807, 2.05) is 0 Å². The Bertz CT molecular complexity index is 1810. The van der Waals surface area contributed by atoms with E-state index in [0.717, 1.165) is 102 Å². The lowest BCUT2D eigenvalue weighted by Crippen LogP contribution is -2.30. The average molecular weight is 1370 g/mol. The third-order valence-corrected chi connectivity index (χ3v) is 19.5. The molecule has 0 aromatic heterocycles. The van der Waals surface area contributed by atoms with E-state index in [-0.39, 0.29) is 25.7 Å². The van der Waals surface area contributed by atoms with Crippen LogP contribution in [0.5, 0.6) is 0 Å². The number of aliphatic hydroxyl groups is 1. The second-order valence-corrected chi connectivity index (χ2v) is 30.3. The lowest BCUT2D eigenvalue weighted by molar-refractivity contribution is -0.161. The van der Waals surface area contributed by atoms with Crippen LogP contribution in [-0.4, -0.2) is 96.7 Å². The molecule has 17 nitrogen and oxygen atoms in total. The third-order valence-electron chi connectivity index (χ3n) is 17.6. The van der Waals surface area contributed by atoms with Gasteiger partial charge in [-0.05, 0) is 37.5 Å². The van der Waals surface area contributed by atoms with E-state index in [0.29, 0.717) is 31.6 Å². The van der Waals surface area contributed by atoms with Crippen LogP contribution in [-0.2, 0) is 65.4 Å². The van der Waals surface area contributed by atoms with Crippen molar-refractivity contribution in [2.24, 2.45) is 11.8 Å². The van der Waals surface area contributed by atoms with E-state index < -0.39 is 97.5 Å². The van der Waals surface area contributed by atoms with Gasteiger partial charge in [-0.1, -0.05) is 330 Å². The molecule has 0 aliphatic heterocycles. The van der Waals surface area contributed by atoms with Crippen molar-refractivity contribution in [3.05, 3.63) is 0 Å². The molecular weight excluding hydrogens is 1220 g/mol. The van der Waals surface area contributed by atoms with Crippen LogP contribution in [0, 0.1) is 11.8 Å². The number of rotatable bonds is 73. The van der Waals surface area contributed by atoms with Crippen molar-refractivity contribution < 1.29 is 80.2 Å². The number of carbonyl (C=O) groups excluding carboxylic acids is 4. The summed E-state index contributed by atoms with van der Waals surface area (Å²) in [6.07, 6.45) is 53.0. The van der Waals surface area contributed by atoms with Crippen molar-refractivity contribution in [2.45, 2.75) is 400 Å². The molecule has 0 saturated heterocycles. The molecule has 0 amide bonds. The number of carbonyl (C=O) groups is 4. The van der Waals surface area contributed by atoms with Gasteiger partial charge in [-0.3, -0.25) is 37.3 Å². The summed E-state index contributed by atoms with van der Waals surface area (Å²) in [5.41, 5.74) is 0. The van der Waals surface area contributed by atoms with Gasteiger partial charge in [-0.25, -0.2) is 9.13 Å². The first-order chi connectivity index (χ1) is 44.9. The summed E-state index contributed by atoms with van der Waals surface area (Å²) in [7, 11) is -9.91. The number of unbranched alkanes of at least 4 members (excludes halogenated alkanes) is 42. The Kier molecular flexibility index (Phi) is 64.6. The molecule has 0 saturated carbocycles. The van der Waals surface area contributed by atoms with Crippen molar-refractivity contribution in [3.8, 4) is 0 Å². The van der Waals surface area contributed by atoms with E-state index in [1.165, 1.54) is 193 Å². The largest absolute Gasteiger partial charge is 0.472 e. The van der Waals surface area contributed by atoms with E-state index >= 15 is 0 Å². The van der Waals surface area contributed by atoms with Crippen LogP contribution in [0.3, 0.4) is 0 Å². The normalized spacial score (nSPS) is 14.3. The number of hydrogen-bond donors (Lipinski definition) is 3. The third kappa shape index (κ3) is 67.0. The maximum Gasteiger partial charge on any atom is 0.472 e. The van der Waals surface area contributed by atoms with Crippen molar-refractivity contribution in [2.75, 3.05) is 39.6 Å². The molecular formula is C74H144O17P2. The maximum absolute atomic E-state index is 13.1. The Labute approximate surface area is 568 Å². The van der Waals surface area contributed by atoms with E-state index in [9.17, 15) is 43.2 Å². The molecule has 0 spiro atoms. The highest BCUT2D eigenvalue weighted by atomic mass is 31.2. The summed E-state index contributed by atoms with van der Waals surface area (Å²) in [6, 6.07) is 0. The van der Waals surface area contributed by atoms with Gasteiger partial charge in [0.1, 0.15) is 19.3 Å². The minimum absolute atomic E-state index is 0.103. The lowest BCUT2D eigenvalue weighted by Gasteiger charge is -2.21. The lowest BCUT2D eigenvalue weighted by atomic mass is 10.00. The summed E-state index contributed by atoms with van der Waals surface area (Å²) in [5.74, 6) is -0.696. The number of phosphoric ester groups is 2. The summed E-state index contributed by atoms with van der Waals surface area (Å²) in [5, 5.41) is 10.6. The molecule has 0 heterocycles. The van der Waals surface area contributed by atoms with E-state index in [4.69, 9.17) is 37.0 Å². The zero-order valence-corrected chi connectivity index (χ0v) is 62.3. The predicted molar refractivity (Wildman–Crippen MR) is 377 cm³/mol. The standard InChI is InChI=1S/C74H144O17P2/c1-7-10-12-14-16-18-20-22-23-24-25-26-27-28-30-32-34-38-46-52-58-73(78)90-69(62-84-71(76)56-50-44-37-33-31-29-21-19-17-15-13-11-8-2)64-88-92(80,81)86-60-68(75)61-87-93(82,83)89-65-70(91-74(79)59-53-47-39-35-36-42-48-54-66(4)5)63-85-72(77)57-51-45-41-40-43-49-55-67(6)9-3/h66-70,75H,7-65H2,1-6H3,(H,80,81)(H,82,83)/t67?,68-,69-,70-/m1/s1.